The highest BCUT2D eigenvalue weighted by molar-refractivity contribution is 6.33. The van der Waals surface area contributed by atoms with E-state index in [1.807, 2.05) is 0 Å². The summed E-state index contributed by atoms with van der Waals surface area (Å²) in [6, 6.07) is 1.46. The molecule has 1 saturated heterocycles. The van der Waals surface area contributed by atoms with Gasteiger partial charge in [-0.2, -0.15) is 0 Å². The lowest BCUT2D eigenvalue weighted by Crippen LogP contribution is -2.30. The molecule has 20 heavy (non-hydrogen) atoms. The normalized spacial score (nSPS) is 17.8. The lowest BCUT2D eigenvalue weighted by molar-refractivity contribution is -0.141. The number of aliphatic carboxylic acids is 1. The SMILES string of the molecule is Cl.O=C(O)C1CCN(C(=O)c2cc(F)c(F)cc2Cl)C1. The smallest absolute Gasteiger partial charge is 0.308 e. The molecule has 0 spiro atoms. The summed E-state index contributed by atoms with van der Waals surface area (Å²) in [7, 11) is 0. The monoisotopic (exact) mass is 325 g/mol. The minimum absolute atomic E-state index is 0. The number of carboxylic acid groups (broad SMARTS) is 1. The first kappa shape index (κ1) is 16.7. The molecule has 1 aliphatic heterocycles. The van der Waals surface area contributed by atoms with E-state index in [1.54, 1.807) is 0 Å². The van der Waals surface area contributed by atoms with Crippen molar-refractivity contribution in [3.63, 3.8) is 0 Å². The van der Waals surface area contributed by atoms with Gasteiger partial charge in [-0.1, -0.05) is 11.6 Å². The summed E-state index contributed by atoms with van der Waals surface area (Å²) in [6.07, 6.45) is 0.336. The highest BCUT2D eigenvalue weighted by atomic mass is 35.5. The zero-order chi connectivity index (χ0) is 14.2. The van der Waals surface area contributed by atoms with Gasteiger partial charge >= 0.3 is 5.97 Å². The number of carbonyl (C=O) groups is 2. The number of halogens is 4. The molecule has 1 aliphatic rings. The van der Waals surface area contributed by atoms with E-state index in [0.29, 0.717) is 6.42 Å². The highest BCUT2D eigenvalue weighted by Crippen LogP contribution is 2.24. The molecule has 0 bridgehead atoms. The summed E-state index contributed by atoms with van der Waals surface area (Å²) < 4.78 is 26.0. The van der Waals surface area contributed by atoms with Crippen LogP contribution in [0.4, 0.5) is 8.78 Å². The summed E-state index contributed by atoms with van der Waals surface area (Å²) in [4.78, 5) is 24.1. The molecule has 1 heterocycles. The molecule has 1 fully saturated rings. The molecule has 4 nitrogen and oxygen atoms in total. The molecule has 1 aromatic rings. The fourth-order valence-corrected chi connectivity index (χ4v) is 2.23. The zero-order valence-corrected chi connectivity index (χ0v) is 11.7. The molecule has 8 heteroatoms. The number of hydrogen-bond donors (Lipinski definition) is 1. The molecule has 1 amide bonds. The Morgan fingerprint density at radius 1 is 1.30 bits per heavy atom. The molecular formula is C12H11Cl2F2NO3. The fourth-order valence-electron chi connectivity index (χ4n) is 2.00. The van der Waals surface area contributed by atoms with Crippen molar-refractivity contribution in [2.45, 2.75) is 6.42 Å². The lowest BCUT2D eigenvalue weighted by atomic mass is 10.1. The molecule has 0 aliphatic carbocycles. The van der Waals surface area contributed by atoms with E-state index in [4.69, 9.17) is 16.7 Å². The second kappa shape index (κ2) is 6.37. The van der Waals surface area contributed by atoms with Gasteiger partial charge in [-0.3, -0.25) is 9.59 Å². The first-order valence-electron chi connectivity index (χ1n) is 5.56. The maximum Gasteiger partial charge on any atom is 0.308 e. The standard InChI is InChI=1S/C12H10ClF2NO3.ClH/c13-8-4-10(15)9(14)3-7(8)11(17)16-2-1-6(5-16)12(18)19;/h3-4,6H,1-2,5H2,(H,18,19);1H. The molecule has 1 unspecified atom stereocenters. The van der Waals surface area contributed by atoms with Crippen molar-refractivity contribution in [1.29, 1.82) is 0 Å². The highest BCUT2D eigenvalue weighted by Gasteiger charge is 2.32. The van der Waals surface area contributed by atoms with Crippen molar-refractivity contribution in [2.24, 2.45) is 5.92 Å². The van der Waals surface area contributed by atoms with Crippen LogP contribution in [-0.2, 0) is 4.79 Å². The second-order valence-corrected chi connectivity index (χ2v) is 4.73. The van der Waals surface area contributed by atoms with Gasteiger partial charge in [0.25, 0.3) is 5.91 Å². The van der Waals surface area contributed by atoms with E-state index < -0.39 is 29.4 Å². The Bertz CT molecular complexity index is 554. The largest absolute Gasteiger partial charge is 0.481 e. The number of benzene rings is 1. The van der Waals surface area contributed by atoms with Crippen LogP contribution in [0.3, 0.4) is 0 Å². The Hall–Kier alpha value is -1.40. The first-order valence-corrected chi connectivity index (χ1v) is 5.94. The summed E-state index contributed by atoms with van der Waals surface area (Å²) >= 11 is 5.70. The van der Waals surface area contributed by atoms with Gasteiger partial charge in [-0.25, -0.2) is 8.78 Å². The van der Waals surface area contributed by atoms with Gasteiger partial charge in [0.15, 0.2) is 11.6 Å². The van der Waals surface area contributed by atoms with Crippen LogP contribution in [0.15, 0.2) is 12.1 Å². The average molecular weight is 326 g/mol. The van der Waals surface area contributed by atoms with Gasteiger partial charge in [0.2, 0.25) is 0 Å². The summed E-state index contributed by atoms with van der Waals surface area (Å²) in [6.45, 7) is 0.300. The number of carbonyl (C=O) groups excluding carboxylic acids is 1. The summed E-state index contributed by atoms with van der Waals surface area (Å²) in [5.41, 5.74) is -0.161. The lowest BCUT2D eigenvalue weighted by Gasteiger charge is -2.16. The third kappa shape index (κ3) is 3.19. The van der Waals surface area contributed by atoms with Crippen LogP contribution in [0.1, 0.15) is 16.8 Å². The minimum Gasteiger partial charge on any atom is -0.481 e. The number of carboxylic acids is 1. The molecule has 110 valence electrons. The van der Waals surface area contributed by atoms with E-state index in [1.165, 1.54) is 4.90 Å². The Morgan fingerprint density at radius 3 is 2.45 bits per heavy atom. The van der Waals surface area contributed by atoms with Crippen LogP contribution < -0.4 is 0 Å². The van der Waals surface area contributed by atoms with Crippen molar-refractivity contribution in [3.05, 3.63) is 34.4 Å². The second-order valence-electron chi connectivity index (χ2n) is 4.32. The van der Waals surface area contributed by atoms with Crippen molar-refractivity contribution < 1.29 is 23.5 Å². The van der Waals surface area contributed by atoms with E-state index in [-0.39, 0.29) is 36.1 Å². The molecule has 2 rings (SSSR count). The fraction of sp³-hybridized carbons (Fsp3) is 0.333. The molecular weight excluding hydrogens is 315 g/mol. The van der Waals surface area contributed by atoms with Crippen LogP contribution >= 0.6 is 24.0 Å². The Kier molecular flexibility index (Phi) is 5.30. The van der Waals surface area contributed by atoms with E-state index in [9.17, 15) is 18.4 Å². The minimum atomic E-state index is -1.17. The predicted octanol–water partition coefficient (Wildman–Crippen LogP) is 2.59. The maximum absolute atomic E-state index is 13.1. The number of likely N-dealkylation sites (tertiary alicyclic amines) is 1. The van der Waals surface area contributed by atoms with Crippen LogP contribution in [-0.4, -0.2) is 35.0 Å². The first-order chi connectivity index (χ1) is 8.90. The molecule has 0 radical (unpaired) electrons. The van der Waals surface area contributed by atoms with E-state index in [2.05, 4.69) is 0 Å². The maximum atomic E-state index is 13.1. The number of rotatable bonds is 2. The average Bonchev–Trinajstić information content (AvgIpc) is 2.82. The van der Waals surface area contributed by atoms with Crippen molar-refractivity contribution in [2.75, 3.05) is 13.1 Å². The predicted molar refractivity (Wildman–Crippen MR) is 70.3 cm³/mol. The molecule has 1 N–H and O–H groups in total. The van der Waals surface area contributed by atoms with Crippen molar-refractivity contribution in [1.82, 2.24) is 4.90 Å². The Labute approximate surface area is 124 Å². The third-order valence-electron chi connectivity index (χ3n) is 3.07. The van der Waals surface area contributed by atoms with Crippen LogP contribution in [0.25, 0.3) is 0 Å². The van der Waals surface area contributed by atoms with Gasteiger partial charge in [0.05, 0.1) is 16.5 Å². The summed E-state index contributed by atoms with van der Waals surface area (Å²) in [5, 5.41) is 8.65. The van der Waals surface area contributed by atoms with Gasteiger partial charge in [-0.05, 0) is 18.6 Å². The van der Waals surface area contributed by atoms with Gasteiger partial charge in [0, 0.05) is 13.1 Å². The third-order valence-corrected chi connectivity index (χ3v) is 3.38. The topological polar surface area (TPSA) is 57.6 Å². The van der Waals surface area contributed by atoms with Gasteiger partial charge in [0.1, 0.15) is 0 Å². The van der Waals surface area contributed by atoms with E-state index >= 15 is 0 Å². The Balaban J connectivity index is 0.00000200. The van der Waals surface area contributed by atoms with E-state index in [0.717, 1.165) is 12.1 Å². The molecule has 0 saturated carbocycles. The number of nitrogens with zero attached hydrogens (tertiary/aromatic N) is 1. The quantitative estimate of drug-likeness (QED) is 0.850. The van der Waals surface area contributed by atoms with Gasteiger partial charge in [-0.15, -0.1) is 12.4 Å². The van der Waals surface area contributed by atoms with Crippen LogP contribution in [0.2, 0.25) is 5.02 Å². The number of hydrogen-bond acceptors (Lipinski definition) is 2. The van der Waals surface area contributed by atoms with Gasteiger partial charge < -0.3 is 10.0 Å². The molecule has 1 atom stereocenters. The summed E-state index contributed by atoms with van der Waals surface area (Å²) in [5.74, 6) is -4.50. The van der Waals surface area contributed by atoms with Crippen molar-refractivity contribution in [3.8, 4) is 0 Å². The number of amides is 1. The molecule has 1 aromatic carbocycles. The van der Waals surface area contributed by atoms with Crippen LogP contribution in [0, 0.1) is 17.6 Å². The van der Waals surface area contributed by atoms with Crippen LogP contribution in [0.5, 0.6) is 0 Å². The van der Waals surface area contributed by atoms with Crippen molar-refractivity contribution >= 4 is 35.9 Å². The Morgan fingerprint density at radius 2 is 1.90 bits per heavy atom. The molecule has 0 aromatic heterocycles. The zero-order valence-electron chi connectivity index (χ0n) is 10.1.